The molecule has 0 aromatic carbocycles. The topological polar surface area (TPSA) is 327 Å². The van der Waals surface area contributed by atoms with Gasteiger partial charge in [-0.1, -0.05) is 0 Å². The van der Waals surface area contributed by atoms with Gasteiger partial charge >= 0.3 is 35.8 Å². The van der Waals surface area contributed by atoms with Crippen LogP contribution < -0.4 is 0 Å². The van der Waals surface area contributed by atoms with E-state index in [2.05, 4.69) is 0 Å². The summed E-state index contributed by atoms with van der Waals surface area (Å²) in [5, 5.41) is 67.6. The van der Waals surface area contributed by atoms with Crippen LogP contribution in [0.4, 0.5) is 0 Å². The first-order valence-electron chi connectivity index (χ1n) is 6.34. The Morgan fingerprint density at radius 3 is 0.645 bits per heavy atom. The summed E-state index contributed by atoms with van der Waals surface area (Å²) in [5.41, 5.74) is -5.48. The molecule has 0 radical (unpaired) electrons. The average molecular weight is 616 g/mol. The van der Waals surface area contributed by atoms with E-state index in [1.54, 1.807) is 0 Å². The molecule has 0 rings (SSSR count). The minimum Gasteiger partial charge on any atom is -0.481 e. The molecule has 0 fully saturated rings. The van der Waals surface area contributed by atoms with Gasteiger partial charge in [-0.05, 0) is 0 Å². The molecule has 0 unspecified atom stereocenters. The maximum absolute atomic E-state index is 10.3. The number of carboxylic acid groups (broad SMARTS) is 6. The second-order valence-corrected chi connectivity index (χ2v) is 4.96. The molecule has 0 aromatic heterocycles. The van der Waals surface area contributed by atoms with E-state index in [1.807, 2.05) is 0 Å². The van der Waals surface area contributed by atoms with Gasteiger partial charge in [-0.2, -0.15) is 0 Å². The van der Waals surface area contributed by atoms with Crippen molar-refractivity contribution < 1.29 is 139 Å². The van der Waals surface area contributed by atoms with Crippen molar-refractivity contribution in [1.29, 1.82) is 0 Å². The third-order valence-corrected chi connectivity index (χ3v) is 2.57. The zero-order valence-electron chi connectivity index (χ0n) is 16.0. The molecule has 0 bridgehead atoms. The number of carboxylic acids is 6. The van der Waals surface area contributed by atoms with Gasteiger partial charge in [-0.15, -0.1) is 0 Å². The zero-order chi connectivity index (χ0) is 21.3. The van der Waals surface area contributed by atoms with E-state index in [1.165, 1.54) is 0 Å². The molecule has 0 amide bonds. The van der Waals surface area contributed by atoms with E-state index in [0.717, 1.165) is 0 Å². The fourth-order valence-electron chi connectivity index (χ4n) is 1.43. The second kappa shape index (κ2) is 20.4. The number of hydrogen-bond donors (Lipinski definition) is 8. The van der Waals surface area contributed by atoms with E-state index in [9.17, 15) is 28.8 Å². The standard InChI is InChI=1S/2C6H8O7.2H2O.3Zn/c2*7-3(8)1-6(13,5(11)12)2-4(9)10;;;;;/h2*13H,1-2H2,(H,7,8)(H,9,10)(H,11,12);2*1H2;;;. The molecule has 19 heteroatoms. The molecule has 0 aromatic rings. The molecule has 0 heterocycles. The van der Waals surface area contributed by atoms with Crippen LogP contribution in [0, 0.1) is 0 Å². The van der Waals surface area contributed by atoms with Gasteiger partial charge in [0.05, 0.1) is 25.7 Å². The molecule has 0 atom stereocenters. The van der Waals surface area contributed by atoms with Gasteiger partial charge in [0.25, 0.3) is 0 Å². The van der Waals surface area contributed by atoms with Crippen molar-refractivity contribution in [2.75, 3.05) is 0 Å². The number of aliphatic hydroxyl groups is 2. The quantitative estimate of drug-likeness (QED) is 0.108. The van der Waals surface area contributed by atoms with Crippen molar-refractivity contribution in [3.8, 4) is 0 Å². The van der Waals surface area contributed by atoms with Crippen LogP contribution in [0.5, 0.6) is 0 Å². The molecule has 0 aliphatic heterocycles. The van der Waals surface area contributed by atoms with Gasteiger partial charge in [-0.3, -0.25) is 19.2 Å². The van der Waals surface area contributed by atoms with Gasteiger partial charge in [0.15, 0.2) is 11.2 Å². The van der Waals surface area contributed by atoms with Gasteiger partial charge in [0.1, 0.15) is 0 Å². The van der Waals surface area contributed by atoms with Gasteiger partial charge < -0.3 is 51.8 Å². The smallest absolute Gasteiger partial charge is 0.336 e. The summed E-state index contributed by atoms with van der Waals surface area (Å²) < 4.78 is 0. The van der Waals surface area contributed by atoms with Crippen molar-refractivity contribution in [3.63, 3.8) is 0 Å². The molecule has 0 aliphatic carbocycles. The van der Waals surface area contributed by atoms with Crippen molar-refractivity contribution in [2.24, 2.45) is 0 Å². The number of aliphatic carboxylic acids is 6. The van der Waals surface area contributed by atoms with E-state index >= 15 is 0 Å². The van der Waals surface area contributed by atoms with E-state index < -0.39 is 72.7 Å². The summed E-state index contributed by atoms with van der Waals surface area (Å²) in [4.78, 5) is 61.0. The summed E-state index contributed by atoms with van der Waals surface area (Å²) >= 11 is 0. The molecular weight excluding hydrogens is 596 g/mol. The minimum absolute atomic E-state index is 0. The molecule has 0 spiro atoms. The molecule has 16 nitrogen and oxygen atoms in total. The number of rotatable bonds is 10. The molecule has 12 N–H and O–H groups in total. The summed E-state index contributed by atoms with van der Waals surface area (Å²) in [6, 6.07) is 0. The van der Waals surface area contributed by atoms with Gasteiger partial charge in [0.2, 0.25) is 0 Å². The van der Waals surface area contributed by atoms with Crippen LogP contribution in [0.3, 0.4) is 0 Å². The Balaban J connectivity index is -0.0000000640. The predicted octanol–water partition coefficient (Wildman–Crippen LogP) is -4.15. The number of carbonyl (C=O) groups is 6. The Labute approximate surface area is 211 Å². The summed E-state index contributed by atoms with van der Waals surface area (Å²) in [6.07, 6.45) is -4.58. The van der Waals surface area contributed by atoms with Gasteiger partial charge in [0, 0.05) is 58.4 Å². The first kappa shape index (κ1) is 47.4. The Bertz CT molecular complexity index is 523. The van der Waals surface area contributed by atoms with E-state index in [0.29, 0.717) is 0 Å². The van der Waals surface area contributed by atoms with E-state index in [4.69, 9.17) is 40.9 Å². The van der Waals surface area contributed by atoms with Crippen LogP contribution >= 0.6 is 0 Å². The zero-order valence-corrected chi connectivity index (χ0v) is 24.9. The van der Waals surface area contributed by atoms with Crippen molar-refractivity contribution >= 4 is 35.8 Å². The Hall–Kier alpha value is -1.47. The van der Waals surface area contributed by atoms with Crippen LogP contribution in [-0.4, -0.2) is 98.8 Å². The van der Waals surface area contributed by atoms with Crippen molar-refractivity contribution in [2.45, 2.75) is 36.9 Å². The average Bonchev–Trinajstić information content (AvgIpc) is 2.34. The van der Waals surface area contributed by atoms with Crippen LogP contribution in [0.2, 0.25) is 0 Å². The van der Waals surface area contributed by atoms with Crippen molar-refractivity contribution in [3.05, 3.63) is 0 Å². The van der Waals surface area contributed by atoms with Crippen LogP contribution in [0.25, 0.3) is 0 Å². The Morgan fingerprint density at radius 1 is 0.452 bits per heavy atom. The van der Waals surface area contributed by atoms with E-state index in [-0.39, 0.29) is 69.4 Å². The fraction of sp³-hybridized carbons (Fsp3) is 0.500. The summed E-state index contributed by atoms with van der Waals surface area (Å²) in [5.74, 6) is -10.0. The van der Waals surface area contributed by atoms with Crippen LogP contribution in [0.1, 0.15) is 25.7 Å². The van der Waals surface area contributed by atoms with Crippen LogP contribution in [0.15, 0.2) is 0 Å². The minimum atomic E-state index is -2.74. The van der Waals surface area contributed by atoms with Crippen molar-refractivity contribution in [1.82, 2.24) is 0 Å². The number of hydrogen-bond acceptors (Lipinski definition) is 8. The molecule has 170 valence electrons. The maximum atomic E-state index is 10.3. The molecule has 0 aliphatic rings. The SMILES string of the molecule is O.O.O=C(O)CC(O)(CC(=O)O)C(=O)O.O=C(O)CC(O)(CC(=O)O)C(=O)O.[Zn].[Zn].[Zn]. The van der Waals surface area contributed by atoms with Gasteiger partial charge in [-0.25, -0.2) is 9.59 Å². The first-order valence-corrected chi connectivity index (χ1v) is 6.34. The third kappa shape index (κ3) is 21.5. The maximum Gasteiger partial charge on any atom is 0.336 e. The summed E-state index contributed by atoms with van der Waals surface area (Å²) in [7, 11) is 0. The summed E-state index contributed by atoms with van der Waals surface area (Å²) in [6.45, 7) is 0. The predicted molar refractivity (Wildman–Crippen MR) is 81.4 cm³/mol. The largest absolute Gasteiger partial charge is 0.481 e. The molecule has 31 heavy (non-hydrogen) atoms. The normalized spacial score (nSPS) is 9.10. The molecule has 0 saturated carbocycles. The van der Waals surface area contributed by atoms with Crippen LogP contribution in [-0.2, 0) is 87.2 Å². The third-order valence-electron chi connectivity index (χ3n) is 2.57. The Kier molecular flexibility index (Phi) is 31.2. The second-order valence-electron chi connectivity index (χ2n) is 4.96. The monoisotopic (exact) mass is 612 g/mol. The Morgan fingerprint density at radius 2 is 0.581 bits per heavy atom. The first-order chi connectivity index (χ1) is 11.6. The molecule has 0 saturated heterocycles. The molecular formula is C12H20O16Zn3. The fourth-order valence-corrected chi connectivity index (χ4v) is 1.43.